The van der Waals surface area contributed by atoms with Crippen molar-refractivity contribution >= 4 is 22.5 Å². The van der Waals surface area contributed by atoms with Crippen molar-refractivity contribution in [1.29, 1.82) is 0 Å². The van der Waals surface area contributed by atoms with E-state index >= 15 is 0 Å². The summed E-state index contributed by atoms with van der Waals surface area (Å²) in [6.45, 7) is 5.56. The molecular weight excluding hydrogens is 330 g/mol. The Balaban J connectivity index is 1.75. The third-order valence-corrected chi connectivity index (χ3v) is 6.34. The van der Waals surface area contributed by atoms with Crippen LogP contribution in [0.4, 0.5) is 0 Å². The fraction of sp³-hybridized carbons (Fsp3) is 0.381. The van der Waals surface area contributed by atoms with Gasteiger partial charge in [0.25, 0.3) is 0 Å². The van der Waals surface area contributed by atoms with Crippen LogP contribution in [0.3, 0.4) is 0 Å². The van der Waals surface area contributed by atoms with Gasteiger partial charge in [0.2, 0.25) is 0 Å². The van der Waals surface area contributed by atoms with Crippen molar-refractivity contribution in [3.05, 3.63) is 64.6 Å². The highest BCUT2D eigenvalue weighted by Crippen LogP contribution is 2.48. The van der Waals surface area contributed by atoms with Crippen LogP contribution in [0.15, 0.2) is 42.7 Å². The summed E-state index contributed by atoms with van der Waals surface area (Å²) >= 11 is 6.32. The first kappa shape index (κ1) is 15.4. The van der Waals surface area contributed by atoms with Crippen LogP contribution in [0.5, 0.6) is 0 Å². The molecule has 3 nitrogen and oxygen atoms in total. The van der Waals surface area contributed by atoms with Gasteiger partial charge in [0.15, 0.2) is 0 Å². The van der Waals surface area contributed by atoms with Crippen molar-refractivity contribution in [2.75, 3.05) is 13.6 Å². The molecule has 0 radical (unpaired) electrons. The molecule has 0 saturated carbocycles. The van der Waals surface area contributed by atoms with Gasteiger partial charge in [0, 0.05) is 65.0 Å². The zero-order valence-electron chi connectivity index (χ0n) is 14.7. The van der Waals surface area contributed by atoms with E-state index in [2.05, 4.69) is 52.7 Å². The molecule has 0 spiro atoms. The SMILES string of the molecule is CN1Cc2c3n(c4ccc(Cl)cc24)CC(C)(c2ccncc2)CC3C1. The lowest BCUT2D eigenvalue weighted by atomic mass is 9.71. The molecule has 3 aromatic rings. The van der Waals surface area contributed by atoms with Gasteiger partial charge < -0.3 is 9.47 Å². The molecule has 0 fully saturated rings. The topological polar surface area (TPSA) is 21.1 Å². The third-order valence-electron chi connectivity index (χ3n) is 6.10. The molecule has 2 aliphatic heterocycles. The molecule has 5 rings (SSSR count). The van der Waals surface area contributed by atoms with Gasteiger partial charge in [-0.1, -0.05) is 18.5 Å². The minimum absolute atomic E-state index is 0.127. The summed E-state index contributed by atoms with van der Waals surface area (Å²) < 4.78 is 2.57. The summed E-state index contributed by atoms with van der Waals surface area (Å²) in [6.07, 6.45) is 5.02. The highest BCUT2D eigenvalue weighted by molar-refractivity contribution is 6.31. The van der Waals surface area contributed by atoms with Crippen LogP contribution in [-0.4, -0.2) is 28.0 Å². The standard InChI is InChI=1S/C21H22ClN3/c1-21(15-5-7-23-8-6-15)10-14-11-24(2)12-18-17-9-16(22)3-4-19(17)25(13-21)20(14)18/h3-9,14H,10-13H2,1-2H3. The maximum absolute atomic E-state index is 6.32. The van der Waals surface area contributed by atoms with E-state index in [4.69, 9.17) is 11.6 Å². The second kappa shape index (κ2) is 5.33. The lowest BCUT2D eigenvalue weighted by Crippen LogP contribution is -2.42. The van der Waals surface area contributed by atoms with Crippen molar-refractivity contribution < 1.29 is 0 Å². The van der Waals surface area contributed by atoms with Crippen LogP contribution in [0.25, 0.3) is 10.9 Å². The van der Waals surface area contributed by atoms with Crippen molar-refractivity contribution in [1.82, 2.24) is 14.5 Å². The van der Waals surface area contributed by atoms with E-state index in [1.165, 1.54) is 28.5 Å². The Hall–Kier alpha value is -1.84. The summed E-state index contributed by atoms with van der Waals surface area (Å²) in [5.41, 5.74) is 5.87. The maximum atomic E-state index is 6.32. The molecular formula is C21H22ClN3. The normalized spacial score (nSPS) is 26.0. The van der Waals surface area contributed by atoms with Gasteiger partial charge in [-0.05, 0) is 54.9 Å². The molecule has 128 valence electrons. The Morgan fingerprint density at radius 1 is 1.20 bits per heavy atom. The van der Waals surface area contributed by atoms with Gasteiger partial charge >= 0.3 is 0 Å². The molecule has 25 heavy (non-hydrogen) atoms. The van der Waals surface area contributed by atoms with Crippen LogP contribution in [-0.2, 0) is 18.5 Å². The van der Waals surface area contributed by atoms with E-state index in [9.17, 15) is 0 Å². The fourth-order valence-corrected chi connectivity index (χ4v) is 5.27. The predicted octanol–water partition coefficient (Wildman–Crippen LogP) is 4.58. The zero-order valence-corrected chi connectivity index (χ0v) is 15.4. The first-order chi connectivity index (χ1) is 12.0. The number of aromatic nitrogens is 2. The maximum Gasteiger partial charge on any atom is 0.0487 e. The Labute approximate surface area is 153 Å². The Morgan fingerprint density at radius 3 is 2.80 bits per heavy atom. The Morgan fingerprint density at radius 2 is 2.00 bits per heavy atom. The largest absolute Gasteiger partial charge is 0.343 e. The van der Waals surface area contributed by atoms with E-state index in [1.54, 1.807) is 5.69 Å². The van der Waals surface area contributed by atoms with Crippen molar-refractivity contribution in [2.45, 2.75) is 37.8 Å². The first-order valence-corrected chi connectivity index (χ1v) is 9.32. The molecule has 0 aliphatic carbocycles. The van der Waals surface area contributed by atoms with Crippen LogP contribution >= 0.6 is 11.6 Å². The molecule has 0 bridgehead atoms. The molecule has 1 aromatic carbocycles. The van der Waals surface area contributed by atoms with Crippen molar-refractivity contribution in [3.8, 4) is 0 Å². The van der Waals surface area contributed by atoms with E-state index in [-0.39, 0.29) is 5.41 Å². The Kier molecular flexibility index (Phi) is 3.28. The summed E-state index contributed by atoms with van der Waals surface area (Å²) in [5, 5.41) is 2.16. The average Bonchev–Trinajstić information content (AvgIpc) is 2.89. The van der Waals surface area contributed by atoms with E-state index in [0.29, 0.717) is 5.92 Å². The number of benzene rings is 1. The average molecular weight is 352 g/mol. The molecule has 2 atom stereocenters. The second-order valence-electron chi connectivity index (χ2n) is 8.01. The minimum Gasteiger partial charge on any atom is -0.343 e. The highest BCUT2D eigenvalue weighted by atomic mass is 35.5. The third kappa shape index (κ3) is 2.26. The van der Waals surface area contributed by atoms with Crippen LogP contribution in [0.1, 0.15) is 36.1 Å². The summed E-state index contributed by atoms with van der Waals surface area (Å²) in [6, 6.07) is 10.7. The molecule has 0 saturated heterocycles. The number of halogens is 1. The van der Waals surface area contributed by atoms with Gasteiger partial charge in [0.1, 0.15) is 0 Å². The van der Waals surface area contributed by atoms with Crippen molar-refractivity contribution in [2.24, 2.45) is 0 Å². The molecule has 0 N–H and O–H groups in total. The first-order valence-electron chi connectivity index (χ1n) is 8.95. The molecule has 2 aromatic heterocycles. The highest BCUT2D eigenvalue weighted by Gasteiger charge is 2.41. The van der Waals surface area contributed by atoms with Gasteiger partial charge in [-0.25, -0.2) is 0 Å². The number of fused-ring (bicyclic) bond motifs is 3. The lowest BCUT2D eigenvalue weighted by Gasteiger charge is -2.44. The number of nitrogens with zero attached hydrogens (tertiary/aromatic N) is 3. The van der Waals surface area contributed by atoms with Gasteiger partial charge in [-0.2, -0.15) is 0 Å². The van der Waals surface area contributed by atoms with E-state index < -0.39 is 0 Å². The molecule has 0 amide bonds. The number of likely N-dealkylation sites (N-methyl/N-ethyl adjacent to an activating group) is 1. The van der Waals surface area contributed by atoms with Crippen molar-refractivity contribution in [3.63, 3.8) is 0 Å². The number of hydrogen-bond donors (Lipinski definition) is 0. The molecule has 4 heterocycles. The molecule has 4 heteroatoms. The summed E-state index contributed by atoms with van der Waals surface area (Å²) in [5.74, 6) is 0.562. The van der Waals surface area contributed by atoms with Crippen LogP contribution in [0, 0.1) is 0 Å². The van der Waals surface area contributed by atoms with Gasteiger partial charge in [0.05, 0.1) is 0 Å². The molecule has 2 aliphatic rings. The lowest BCUT2D eigenvalue weighted by molar-refractivity contribution is 0.209. The quantitative estimate of drug-likeness (QED) is 0.639. The number of hydrogen-bond acceptors (Lipinski definition) is 2. The van der Waals surface area contributed by atoms with Gasteiger partial charge in [-0.3, -0.25) is 4.98 Å². The van der Waals surface area contributed by atoms with Gasteiger partial charge in [-0.15, -0.1) is 0 Å². The monoisotopic (exact) mass is 351 g/mol. The molecule has 2 unspecified atom stereocenters. The van der Waals surface area contributed by atoms with Crippen LogP contribution in [0.2, 0.25) is 5.02 Å². The van der Waals surface area contributed by atoms with Crippen LogP contribution < -0.4 is 0 Å². The number of rotatable bonds is 1. The summed E-state index contributed by atoms with van der Waals surface area (Å²) in [7, 11) is 2.23. The van der Waals surface area contributed by atoms with E-state index in [1.807, 2.05) is 18.5 Å². The predicted molar refractivity (Wildman–Crippen MR) is 102 cm³/mol. The summed E-state index contributed by atoms with van der Waals surface area (Å²) in [4.78, 5) is 6.67. The second-order valence-corrected chi connectivity index (χ2v) is 8.44. The number of pyridine rings is 1. The Bertz CT molecular complexity index is 962. The fourth-order valence-electron chi connectivity index (χ4n) is 5.10. The van der Waals surface area contributed by atoms with E-state index in [0.717, 1.165) is 24.7 Å². The zero-order chi connectivity index (χ0) is 17.2. The minimum atomic E-state index is 0.127. The smallest absolute Gasteiger partial charge is 0.0487 e.